The second kappa shape index (κ2) is 6.64. The van der Waals surface area contributed by atoms with E-state index in [-0.39, 0.29) is 11.8 Å². The molecule has 0 spiro atoms. The van der Waals surface area contributed by atoms with E-state index in [1.807, 2.05) is 24.3 Å². The largest absolute Gasteiger partial charge is 0.466 e. The second-order valence-corrected chi connectivity index (χ2v) is 5.96. The Morgan fingerprint density at radius 1 is 1.52 bits per heavy atom. The fourth-order valence-corrected chi connectivity index (χ4v) is 2.81. The van der Waals surface area contributed by atoms with Crippen LogP contribution in [0.3, 0.4) is 0 Å². The maximum Gasteiger partial charge on any atom is 0.307 e. The second-order valence-electron chi connectivity index (χ2n) is 5.96. The zero-order valence-electron chi connectivity index (χ0n) is 13.8. The Morgan fingerprint density at radius 3 is 3.13 bits per heavy atom. The Labute approximate surface area is 137 Å². The zero-order valence-corrected chi connectivity index (χ0v) is 13.8. The van der Waals surface area contributed by atoms with Crippen molar-refractivity contribution in [2.75, 3.05) is 26.2 Å². The van der Waals surface area contributed by atoms with Crippen molar-refractivity contribution < 1.29 is 9.53 Å². The number of carbonyl (C=O) groups is 1. The molecule has 3 aliphatic rings. The van der Waals surface area contributed by atoms with Crippen LogP contribution in [0, 0.1) is 0 Å². The van der Waals surface area contributed by atoms with Gasteiger partial charge >= 0.3 is 5.97 Å². The summed E-state index contributed by atoms with van der Waals surface area (Å²) in [6.07, 6.45) is 9.48. The number of rotatable bonds is 7. The molecule has 0 saturated carbocycles. The Bertz CT molecular complexity index is 557. The normalized spacial score (nSPS) is 25.3. The predicted octanol–water partition coefficient (Wildman–Crippen LogP) is 0.571. The third kappa shape index (κ3) is 3.51. The van der Waals surface area contributed by atoms with Gasteiger partial charge in [-0.15, -0.1) is 0 Å². The van der Waals surface area contributed by atoms with Gasteiger partial charge in [0.05, 0.1) is 25.3 Å². The van der Waals surface area contributed by atoms with E-state index in [1.54, 1.807) is 0 Å². The summed E-state index contributed by atoms with van der Waals surface area (Å²) in [5.41, 5.74) is 5.51. The van der Waals surface area contributed by atoms with Gasteiger partial charge in [-0.2, -0.15) is 0 Å². The number of nitrogens with one attached hydrogen (secondary N) is 3. The predicted molar refractivity (Wildman–Crippen MR) is 87.3 cm³/mol. The monoisotopic (exact) mass is 319 g/mol. The number of allylic oxidation sites excluding steroid dienone is 2. The van der Waals surface area contributed by atoms with Crippen molar-refractivity contribution in [3.8, 4) is 0 Å². The van der Waals surface area contributed by atoms with Crippen LogP contribution in [-0.4, -0.2) is 47.9 Å². The van der Waals surface area contributed by atoms with Crippen LogP contribution in [-0.2, 0) is 9.53 Å². The number of esters is 1. The lowest BCUT2D eigenvalue weighted by Gasteiger charge is -2.20. The van der Waals surface area contributed by atoms with Crippen LogP contribution in [0.1, 0.15) is 26.7 Å². The first kappa shape index (κ1) is 15.9. The fraction of sp³-hybridized carbons (Fsp3) is 0.562. The van der Waals surface area contributed by atoms with E-state index in [2.05, 4.69) is 40.0 Å². The van der Waals surface area contributed by atoms with Crippen LogP contribution in [0.15, 0.2) is 35.9 Å². The van der Waals surface area contributed by atoms with Gasteiger partial charge in [-0.1, -0.05) is 13.0 Å². The van der Waals surface area contributed by atoms with Gasteiger partial charge in [0.25, 0.3) is 0 Å². The average molecular weight is 319 g/mol. The van der Waals surface area contributed by atoms with Crippen molar-refractivity contribution in [2.45, 2.75) is 32.5 Å². The highest BCUT2D eigenvalue weighted by Gasteiger charge is 2.52. The first-order valence-electron chi connectivity index (χ1n) is 8.18. The van der Waals surface area contributed by atoms with Crippen molar-refractivity contribution in [1.29, 1.82) is 0 Å². The summed E-state index contributed by atoms with van der Waals surface area (Å²) < 4.78 is 5.10. The molecule has 1 saturated heterocycles. The molecule has 7 nitrogen and oxygen atoms in total. The summed E-state index contributed by atoms with van der Waals surface area (Å²) in [6.45, 7) is 6.90. The molecule has 0 aromatic rings. The number of hydrogen-bond donors (Lipinski definition) is 3. The number of hydrogen-bond acceptors (Lipinski definition) is 7. The number of carbonyl (C=O) groups excluding carboxylic acids is 1. The molecule has 0 aliphatic carbocycles. The zero-order chi connectivity index (χ0) is 16.3. The van der Waals surface area contributed by atoms with Gasteiger partial charge in [0.2, 0.25) is 0 Å². The van der Waals surface area contributed by atoms with Gasteiger partial charge in [0.15, 0.2) is 5.79 Å². The Balaban J connectivity index is 1.54. The molecule has 3 rings (SSSR count). The van der Waals surface area contributed by atoms with Crippen LogP contribution < -0.4 is 16.1 Å². The smallest absolute Gasteiger partial charge is 0.307 e. The fourth-order valence-electron chi connectivity index (χ4n) is 2.81. The van der Waals surface area contributed by atoms with Crippen molar-refractivity contribution in [2.24, 2.45) is 0 Å². The van der Waals surface area contributed by atoms with E-state index in [9.17, 15) is 4.79 Å². The van der Waals surface area contributed by atoms with Gasteiger partial charge in [0.1, 0.15) is 0 Å². The van der Waals surface area contributed by atoms with Crippen molar-refractivity contribution >= 4 is 5.97 Å². The van der Waals surface area contributed by atoms with Gasteiger partial charge < -0.3 is 15.0 Å². The van der Waals surface area contributed by atoms with Crippen molar-refractivity contribution in [3.63, 3.8) is 0 Å². The lowest BCUT2D eigenvalue weighted by Crippen LogP contribution is -2.47. The number of ether oxygens (including phenoxy) is 1. The molecule has 1 unspecified atom stereocenters. The van der Waals surface area contributed by atoms with E-state index < -0.39 is 0 Å². The van der Waals surface area contributed by atoms with Gasteiger partial charge in [-0.3, -0.25) is 15.1 Å². The first-order valence-corrected chi connectivity index (χ1v) is 8.18. The Kier molecular flexibility index (Phi) is 4.58. The average Bonchev–Trinajstić information content (AvgIpc) is 3.02. The molecule has 1 atom stereocenters. The summed E-state index contributed by atoms with van der Waals surface area (Å²) in [4.78, 5) is 13.8. The lowest BCUT2D eigenvalue weighted by atomic mass is 10.3. The van der Waals surface area contributed by atoms with Gasteiger partial charge in [0, 0.05) is 31.2 Å². The van der Waals surface area contributed by atoms with E-state index in [1.165, 1.54) is 5.70 Å². The summed E-state index contributed by atoms with van der Waals surface area (Å²) in [5, 5.41) is 8.87. The topological polar surface area (TPSA) is 68.6 Å². The molecule has 1 fully saturated rings. The summed E-state index contributed by atoms with van der Waals surface area (Å²) in [5.74, 6) is -0.428. The van der Waals surface area contributed by atoms with Crippen LogP contribution in [0.25, 0.3) is 0 Å². The maximum absolute atomic E-state index is 11.6. The molecule has 0 bridgehead atoms. The van der Waals surface area contributed by atoms with E-state index >= 15 is 0 Å². The molecular weight excluding hydrogens is 294 g/mol. The van der Waals surface area contributed by atoms with E-state index in [0.29, 0.717) is 19.6 Å². The molecule has 0 aromatic heterocycles. The van der Waals surface area contributed by atoms with E-state index in [0.717, 1.165) is 25.2 Å². The molecule has 3 heterocycles. The molecule has 7 heteroatoms. The molecular formula is C16H25N5O2. The minimum atomic E-state index is -0.281. The third-order valence-corrected chi connectivity index (χ3v) is 4.11. The van der Waals surface area contributed by atoms with Crippen LogP contribution in [0.5, 0.6) is 0 Å². The highest BCUT2D eigenvalue weighted by atomic mass is 16.5. The molecule has 3 aliphatic heterocycles. The summed E-state index contributed by atoms with van der Waals surface area (Å²) >= 11 is 0. The van der Waals surface area contributed by atoms with Crippen LogP contribution in [0.2, 0.25) is 0 Å². The van der Waals surface area contributed by atoms with Gasteiger partial charge in [-0.05, 0) is 19.4 Å². The minimum Gasteiger partial charge on any atom is -0.466 e. The number of hydrazine groups is 1. The quantitative estimate of drug-likeness (QED) is 0.468. The lowest BCUT2D eigenvalue weighted by molar-refractivity contribution is -0.143. The molecule has 0 aromatic carbocycles. The minimum absolute atomic E-state index is 0.147. The number of fused-ring (bicyclic) bond motifs is 1. The summed E-state index contributed by atoms with van der Waals surface area (Å²) in [6, 6.07) is 0. The van der Waals surface area contributed by atoms with Crippen LogP contribution in [0.4, 0.5) is 0 Å². The molecule has 3 N–H and O–H groups in total. The number of nitrogens with zero attached hydrogens (tertiary/aromatic N) is 2. The van der Waals surface area contributed by atoms with Crippen molar-refractivity contribution in [1.82, 2.24) is 26.0 Å². The maximum atomic E-state index is 11.6. The SMILES string of the molecule is CCCOC(=O)CCNC12CN1C(C)=CC(N1C=CCN1)=CN2. The highest BCUT2D eigenvalue weighted by molar-refractivity contribution is 5.69. The summed E-state index contributed by atoms with van der Waals surface area (Å²) in [7, 11) is 0. The molecule has 0 amide bonds. The van der Waals surface area contributed by atoms with Crippen LogP contribution >= 0.6 is 0 Å². The molecule has 0 radical (unpaired) electrons. The standard InChI is InChI=1S/C16H25N5O2/c1-3-9-23-15(22)5-7-17-16-12-20(16)13(2)10-14(11-18-16)21-8-4-6-19-21/h4,8,10-11,17-19H,3,5-7,9,12H2,1-2H3. The highest BCUT2D eigenvalue weighted by Crippen LogP contribution is 2.34. The Morgan fingerprint density at radius 2 is 2.39 bits per heavy atom. The van der Waals surface area contributed by atoms with E-state index in [4.69, 9.17) is 4.74 Å². The Hall–Kier alpha value is -1.99. The van der Waals surface area contributed by atoms with Crippen molar-refractivity contribution in [3.05, 3.63) is 35.9 Å². The third-order valence-electron chi connectivity index (χ3n) is 4.11. The molecule has 126 valence electrons. The first-order chi connectivity index (χ1) is 11.1. The molecule has 23 heavy (non-hydrogen) atoms. The van der Waals surface area contributed by atoms with Gasteiger partial charge in [-0.25, -0.2) is 5.43 Å².